The van der Waals surface area contributed by atoms with E-state index >= 15 is 0 Å². The van der Waals surface area contributed by atoms with Gasteiger partial charge in [0.1, 0.15) is 11.7 Å². The number of amides is 1. The van der Waals surface area contributed by atoms with Crippen LogP contribution < -0.4 is 0 Å². The Hall–Kier alpha value is -1.17. The van der Waals surface area contributed by atoms with Crippen molar-refractivity contribution in [2.24, 2.45) is 0 Å². The number of likely N-dealkylation sites (tertiary alicyclic amines) is 1. The summed E-state index contributed by atoms with van der Waals surface area (Å²) >= 11 is 5.84. The predicted molar refractivity (Wildman–Crippen MR) is 69.6 cm³/mol. The molecule has 0 spiro atoms. The molecule has 0 saturated carbocycles. The molecule has 19 heavy (non-hydrogen) atoms. The van der Waals surface area contributed by atoms with Crippen molar-refractivity contribution in [3.05, 3.63) is 0 Å². The predicted octanol–water partition coefficient (Wildman–Crippen LogP) is 2.69. The van der Waals surface area contributed by atoms with Gasteiger partial charge in [0, 0.05) is 25.3 Å². The van der Waals surface area contributed by atoms with Gasteiger partial charge in [-0.25, -0.2) is 9.59 Å². The van der Waals surface area contributed by atoms with E-state index in [0.717, 1.165) is 0 Å². The SMILES string of the molecule is CC(C)(C)OC(=O)N1CCC(OC(=O)O)CC1CCl. The Bertz CT molecular complexity index is 342. The van der Waals surface area contributed by atoms with Crippen LogP contribution >= 0.6 is 11.6 Å². The molecule has 0 radical (unpaired) electrons. The number of ether oxygens (including phenoxy) is 2. The average molecular weight is 294 g/mol. The molecule has 2 atom stereocenters. The first-order valence-electron chi connectivity index (χ1n) is 6.18. The molecule has 1 saturated heterocycles. The lowest BCUT2D eigenvalue weighted by Gasteiger charge is -2.38. The van der Waals surface area contributed by atoms with Crippen molar-refractivity contribution in [2.45, 2.75) is 51.4 Å². The van der Waals surface area contributed by atoms with Gasteiger partial charge in [0.05, 0.1) is 6.04 Å². The van der Waals surface area contributed by atoms with Gasteiger partial charge in [-0.3, -0.25) is 0 Å². The molecule has 1 rings (SSSR count). The molecule has 0 aromatic heterocycles. The molecule has 0 aliphatic carbocycles. The first kappa shape index (κ1) is 15.9. The molecule has 0 aromatic rings. The van der Waals surface area contributed by atoms with E-state index in [4.69, 9.17) is 26.2 Å². The molecule has 2 unspecified atom stereocenters. The van der Waals surface area contributed by atoms with Crippen LogP contribution in [0.5, 0.6) is 0 Å². The summed E-state index contributed by atoms with van der Waals surface area (Å²) < 4.78 is 10.0. The highest BCUT2D eigenvalue weighted by atomic mass is 35.5. The largest absolute Gasteiger partial charge is 0.506 e. The first-order valence-corrected chi connectivity index (χ1v) is 6.71. The van der Waals surface area contributed by atoms with Crippen molar-refractivity contribution in [2.75, 3.05) is 12.4 Å². The number of piperidine rings is 1. The van der Waals surface area contributed by atoms with Gasteiger partial charge in [0.25, 0.3) is 0 Å². The molecule has 1 amide bonds. The van der Waals surface area contributed by atoms with Gasteiger partial charge >= 0.3 is 12.2 Å². The Morgan fingerprint density at radius 3 is 2.53 bits per heavy atom. The molecular formula is C12H20ClNO5. The van der Waals surface area contributed by atoms with Crippen molar-refractivity contribution < 1.29 is 24.2 Å². The Kier molecular flexibility index (Phi) is 5.29. The number of carbonyl (C=O) groups is 2. The van der Waals surface area contributed by atoms with Gasteiger partial charge in [-0.1, -0.05) is 0 Å². The average Bonchev–Trinajstić information content (AvgIpc) is 2.25. The monoisotopic (exact) mass is 293 g/mol. The quantitative estimate of drug-likeness (QED) is 0.626. The van der Waals surface area contributed by atoms with E-state index in [1.165, 1.54) is 0 Å². The maximum atomic E-state index is 12.0. The van der Waals surface area contributed by atoms with Crippen molar-refractivity contribution >= 4 is 23.8 Å². The highest BCUT2D eigenvalue weighted by Crippen LogP contribution is 2.23. The van der Waals surface area contributed by atoms with E-state index in [9.17, 15) is 9.59 Å². The molecule has 110 valence electrons. The highest BCUT2D eigenvalue weighted by Gasteiger charge is 2.35. The Labute approximate surface area is 117 Å². The van der Waals surface area contributed by atoms with Gasteiger partial charge in [0.2, 0.25) is 0 Å². The molecule has 1 aliphatic rings. The second-order valence-corrected chi connectivity index (χ2v) is 5.82. The van der Waals surface area contributed by atoms with Crippen LogP contribution in [-0.4, -0.2) is 52.4 Å². The van der Waals surface area contributed by atoms with Crippen LogP contribution in [0.3, 0.4) is 0 Å². The summed E-state index contributed by atoms with van der Waals surface area (Å²) in [5.41, 5.74) is -0.567. The molecule has 6 nitrogen and oxygen atoms in total. The second kappa shape index (κ2) is 6.32. The third-order valence-corrected chi connectivity index (χ3v) is 3.10. The number of rotatable bonds is 2. The summed E-state index contributed by atoms with van der Waals surface area (Å²) in [6.07, 6.45) is -1.29. The topological polar surface area (TPSA) is 76.1 Å². The number of hydrogen-bond donors (Lipinski definition) is 1. The van der Waals surface area contributed by atoms with Crippen LogP contribution in [0.2, 0.25) is 0 Å². The number of hydrogen-bond acceptors (Lipinski definition) is 4. The summed E-state index contributed by atoms with van der Waals surface area (Å²) in [7, 11) is 0. The summed E-state index contributed by atoms with van der Waals surface area (Å²) in [6.45, 7) is 5.76. The molecule has 1 fully saturated rings. The molecule has 7 heteroatoms. The third kappa shape index (κ3) is 5.14. The highest BCUT2D eigenvalue weighted by molar-refractivity contribution is 6.18. The molecule has 0 aromatic carbocycles. The van der Waals surface area contributed by atoms with Gasteiger partial charge < -0.3 is 19.5 Å². The second-order valence-electron chi connectivity index (χ2n) is 5.51. The Morgan fingerprint density at radius 1 is 1.42 bits per heavy atom. The van der Waals surface area contributed by atoms with E-state index < -0.39 is 24.0 Å². The zero-order valence-electron chi connectivity index (χ0n) is 11.4. The Balaban J connectivity index is 2.61. The fourth-order valence-electron chi connectivity index (χ4n) is 1.97. The Morgan fingerprint density at radius 2 is 2.05 bits per heavy atom. The van der Waals surface area contributed by atoms with Gasteiger partial charge in [0.15, 0.2) is 0 Å². The van der Waals surface area contributed by atoms with E-state index in [-0.39, 0.29) is 11.9 Å². The third-order valence-electron chi connectivity index (χ3n) is 2.74. The van der Waals surface area contributed by atoms with Gasteiger partial charge in [-0.15, -0.1) is 11.6 Å². The van der Waals surface area contributed by atoms with E-state index in [1.807, 2.05) is 0 Å². The minimum atomic E-state index is -1.30. The van der Waals surface area contributed by atoms with Crippen LogP contribution in [0, 0.1) is 0 Å². The molecular weight excluding hydrogens is 274 g/mol. The van der Waals surface area contributed by atoms with E-state index in [1.54, 1.807) is 25.7 Å². The minimum absolute atomic E-state index is 0.221. The fourth-order valence-corrected chi connectivity index (χ4v) is 2.26. The van der Waals surface area contributed by atoms with Crippen molar-refractivity contribution in [3.8, 4) is 0 Å². The molecule has 1 heterocycles. The fraction of sp³-hybridized carbons (Fsp3) is 0.833. The normalized spacial score (nSPS) is 23.9. The van der Waals surface area contributed by atoms with Crippen LogP contribution in [0.15, 0.2) is 0 Å². The minimum Gasteiger partial charge on any atom is -0.450 e. The lowest BCUT2D eigenvalue weighted by atomic mass is 10.0. The number of alkyl halides is 1. The number of halogens is 1. The summed E-state index contributed by atoms with van der Waals surface area (Å²) in [5.74, 6) is 0.221. The molecule has 0 bridgehead atoms. The molecule has 1 aliphatic heterocycles. The zero-order valence-corrected chi connectivity index (χ0v) is 12.1. The number of carboxylic acid groups (broad SMARTS) is 1. The van der Waals surface area contributed by atoms with Crippen molar-refractivity contribution in [3.63, 3.8) is 0 Å². The van der Waals surface area contributed by atoms with E-state index in [2.05, 4.69) is 0 Å². The standard InChI is InChI=1S/C12H20ClNO5/c1-12(2,3)19-10(15)14-5-4-9(18-11(16)17)6-8(14)7-13/h8-9H,4-7H2,1-3H3,(H,16,17). The number of carbonyl (C=O) groups excluding carboxylic acids is 1. The van der Waals surface area contributed by atoms with E-state index in [0.29, 0.717) is 19.4 Å². The molecule has 1 N–H and O–H groups in total. The van der Waals surface area contributed by atoms with Crippen molar-refractivity contribution in [1.29, 1.82) is 0 Å². The van der Waals surface area contributed by atoms with Crippen LogP contribution in [0.1, 0.15) is 33.6 Å². The van der Waals surface area contributed by atoms with Crippen LogP contribution in [0.4, 0.5) is 9.59 Å². The van der Waals surface area contributed by atoms with Crippen LogP contribution in [0.25, 0.3) is 0 Å². The van der Waals surface area contributed by atoms with Gasteiger partial charge in [-0.2, -0.15) is 0 Å². The maximum Gasteiger partial charge on any atom is 0.506 e. The summed E-state index contributed by atoms with van der Waals surface area (Å²) in [6, 6.07) is -0.269. The smallest absolute Gasteiger partial charge is 0.450 e. The lowest BCUT2D eigenvalue weighted by molar-refractivity contribution is -0.0163. The van der Waals surface area contributed by atoms with Crippen LogP contribution in [-0.2, 0) is 9.47 Å². The zero-order chi connectivity index (χ0) is 14.6. The maximum absolute atomic E-state index is 12.0. The van der Waals surface area contributed by atoms with Crippen molar-refractivity contribution in [1.82, 2.24) is 4.90 Å². The van der Waals surface area contributed by atoms with Gasteiger partial charge in [-0.05, 0) is 20.8 Å². The summed E-state index contributed by atoms with van der Waals surface area (Å²) in [5, 5.41) is 8.59. The lowest BCUT2D eigenvalue weighted by Crippen LogP contribution is -2.50. The summed E-state index contributed by atoms with van der Waals surface area (Å²) in [4.78, 5) is 24.0. The number of nitrogens with zero attached hydrogens (tertiary/aromatic N) is 1. The first-order chi connectivity index (χ1) is 8.73.